The molecule has 0 bridgehead atoms. The summed E-state index contributed by atoms with van der Waals surface area (Å²) in [6, 6.07) is 17.2. The summed E-state index contributed by atoms with van der Waals surface area (Å²) in [4.78, 5) is 10.8. The van der Waals surface area contributed by atoms with Gasteiger partial charge in [0.15, 0.2) is 0 Å². The maximum atomic E-state index is 14.8. The Bertz CT molecular complexity index is 1220. The van der Waals surface area contributed by atoms with E-state index < -0.39 is 23.3 Å². The lowest BCUT2D eigenvalue weighted by Gasteiger charge is -2.29. The minimum atomic E-state index is -0.945. The number of carboxylic acids is 1. The molecule has 5 nitrogen and oxygen atoms in total. The van der Waals surface area contributed by atoms with Gasteiger partial charge in [-0.2, -0.15) is 0 Å². The predicted octanol–water partition coefficient (Wildman–Crippen LogP) is 7.76. The lowest BCUT2D eigenvalue weighted by molar-refractivity contribution is -0.136. The minimum Gasteiger partial charge on any atom is -0.497 e. The third kappa shape index (κ3) is 8.45. The van der Waals surface area contributed by atoms with Crippen molar-refractivity contribution < 1.29 is 28.9 Å². The number of aliphatic hydroxyl groups is 1. The van der Waals surface area contributed by atoms with Crippen molar-refractivity contribution in [1.82, 2.24) is 0 Å². The van der Waals surface area contributed by atoms with Crippen LogP contribution in [-0.2, 0) is 17.8 Å². The lowest BCUT2D eigenvalue weighted by Crippen LogP contribution is -2.20. The van der Waals surface area contributed by atoms with Crippen LogP contribution >= 0.6 is 0 Å². The van der Waals surface area contributed by atoms with E-state index in [9.17, 15) is 14.3 Å². The molecule has 0 heterocycles. The van der Waals surface area contributed by atoms with Gasteiger partial charge >= 0.3 is 5.97 Å². The van der Waals surface area contributed by atoms with E-state index in [1.165, 1.54) is 19.6 Å². The number of carboxylic acid groups (broad SMARTS) is 1. The molecular weight excluding hydrogens is 483 g/mol. The maximum absolute atomic E-state index is 14.8. The Kier molecular flexibility index (Phi) is 11.5. The zero-order valence-corrected chi connectivity index (χ0v) is 23.0. The van der Waals surface area contributed by atoms with E-state index >= 15 is 0 Å². The monoisotopic (exact) mass is 522 g/mol. The molecule has 3 rings (SSSR count). The summed E-state index contributed by atoms with van der Waals surface area (Å²) in [5.74, 6) is -0.139. The first-order valence-corrected chi connectivity index (χ1v) is 12.8. The van der Waals surface area contributed by atoms with Crippen molar-refractivity contribution in [1.29, 1.82) is 0 Å². The average Bonchev–Trinajstić information content (AvgIpc) is 2.91. The van der Waals surface area contributed by atoms with E-state index in [1.54, 1.807) is 30.3 Å². The highest BCUT2D eigenvalue weighted by molar-refractivity contribution is 5.70. The summed E-state index contributed by atoms with van der Waals surface area (Å²) in [7, 11) is 1.52. The fourth-order valence-corrected chi connectivity index (χ4v) is 3.73. The van der Waals surface area contributed by atoms with Crippen LogP contribution in [0.25, 0.3) is 11.1 Å². The van der Waals surface area contributed by atoms with Crippen LogP contribution in [0.4, 0.5) is 4.39 Å². The molecule has 1 atom stereocenters. The molecule has 3 aromatic carbocycles. The number of ether oxygens (including phenoxy) is 2. The quantitative estimate of drug-likeness (QED) is 0.252. The molecule has 0 amide bonds. The average molecular weight is 523 g/mol. The molecule has 0 saturated carbocycles. The normalized spacial score (nSPS) is 11.7. The van der Waals surface area contributed by atoms with Crippen molar-refractivity contribution >= 4 is 5.97 Å². The number of benzene rings is 3. The van der Waals surface area contributed by atoms with Crippen LogP contribution in [0.5, 0.6) is 11.5 Å². The van der Waals surface area contributed by atoms with Gasteiger partial charge in [0, 0.05) is 17.4 Å². The molecule has 38 heavy (non-hydrogen) atoms. The molecule has 0 saturated heterocycles. The van der Waals surface area contributed by atoms with Crippen molar-refractivity contribution in [3.8, 4) is 22.6 Å². The van der Waals surface area contributed by atoms with Gasteiger partial charge in [0.1, 0.15) is 23.9 Å². The first kappa shape index (κ1) is 30.6. The van der Waals surface area contributed by atoms with Gasteiger partial charge in [0.05, 0.1) is 13.2 Å². The largest absolute Gasteiger partial charge is 0.497 e. The number of carbonyl (C=O) groups is 1. The highest BCUT2D eigenvalue weighted by atomic mass is 19.1. The van der Waals surface area contributed by atoms with Gasteiger partial charge < -0.3 is 19.7 Å². The number of aliphatic hydroxyl groups excluding tert-OH is 1. The SMILES string of the molecule is C=CC(C)(C)C(O)c1cc(COc2cccc(CCC(=O)O)c2)ccc1-c1cc(OC)ccc1F.CCC. The number of halogens is 1. The van der Waals surface area contributed by atoms with Crippen LogP contribution in [0.3, 0.4) is 0 Å². The first-order chi connectivity index (χ1) is 18.1. The molecule has 0 radical (unpaired) electrons. The molecule has 6 heteroatoms. The molecule has 0 fully saturated rings. The third-order valence-corrected chi connectivity index (χ3v) is 6.04. The van der Waals surface area contributed by atoms with Crippen LogP contribution in [-0.4, -0.2) is 23.3 Å². The molecule has 0 spiro atoms. The van der Waals surface area contributed by atoms with E-state index in [-0.39, 0.29) is 13.0 Å². The second kappa shape index (κ2) is 14.3. The van der Waals surface area contributed by atoms with Crippen molar-refractivity contribution in [3.05, 3.63) is 95.8 Å². The van der Waals surface area contributed by atoms with Crippen molar-refractivity contribution in [2.45, 2.75) is 59.7 Å². The molecule has 2 N–H and O–H groups in total. The maximum Gasteiger partial charge on any atom is 0.303 e. The number of rotatable bonds is 11. The summed E-state index contributed by atoms with van der Waals surface area (Å²) in [5, 5.41) is 20.1. The first-order valence-electron chi connectivity index (χ1n) is 12.8. The predicted molar refractivity (Wildman–Crippen MR) is 150 cm³/mol. The lowest BCUT2D eigenvalue weighted by atomic mass is 9.79. The number of hydrogen-bond donors (Lipinski definition) is 2. The summed E-state index contributed by atoms with van der Waals surface area (Å²) < 4.78 is 26.0. The van der Waals surface area contributed by atoms with Crippen LogP contribution < -0.4 is 9.47 Å². The molecule has 3 aromatic rings. The standard InChI is InChI=1S/C29H31FO5.C3H8/c1-5-29(2,3)28(33)25-16-20(9-12-23(25)24-17-21(34-4)11-13-26(24)30)18-35-22-8-6-7-19(15-22)10-14-27(31)32;1-3-2/h5-9,11-13,15-17,28,33H,1,10,14,18H2,2-4H3,(H,31,32);3H2,1-2H3. The highest BCUT2D eigenvalue weighted by Crippen LogP contribution is 2.41. The Labute approximate surface area is 225 Å². The highest BCUT2D eigenvalue weighted by Gasteiger charge is 2.29. The number of aryl methyl sites for hydroxylation is 1. The topological polar surface area (TPSA) is 76.0 Å². The van der Waals surface area contributed by atoms with Crippen LogP contribution in [0.1, 0.15) is 63.3 Å². The third-order valence-electron chi connectivity index (χ3n) is 6.04. The molecule has 1 unspecified atom stereocenters. The van der Waals surface area contributed by atoms with Crippen LogP contribution in [0.2, 0.25) is 0 Å². The van der Waals surface area contributed by atoms with Crippen molar-refractivity contribution in [3.63, 3.8) is 0 Å². The summed E-state index contributed by atoms with van der Waals surface area (Å²) in [6.07, 6.45) is 2.45. The molecule has 0 aliphatic rings. The van der Waals surface area contributed by atoms with E-state index in [1.807, 2.05) is 44.2 Å². The van der Waals surface area contributed by atoms with Gasteiger partial charge in [-0.15, -0.1) is 6.58 Å². The Morgan fingerprint density at radius 2 is 1.74 bits per heavy atom. The van der Waals surface area contributed by atoms with Gasteiger partial charge in [-0.25, -0.2) is 4.39 Å². The summed E-state index contributed by atoms with van der Waals surface area (Å²) in [5.41, 5.74) is 2.44. The smallest absolute Gasteiger partial charge is 0.303 e. The molecule has 0 aliphatic carbocycles. The van der Waals surface area contributed by atoms with E-state index in [0.29, 0.717) is 34.6 Å². The zero-order chi connectivity index (χ0) is 28.3. The second-order valence-corrected chi connectivity index (χ2v) is 9.73. The summed E-state index contributed by atoms with van der Waals surface area (Å²) >= 11 is 0. The van der Waals surface area contributed by atoms with Gasteiger partial charge in [0.25, 0.3) is 0 Å². The van der Waals surface area contributed by atoms with Crippen molar-refractivity contribution in [2.24, 2.45) is 5.41 Å². The molecule has 204 valence electrons. The van der Waals surface area contributed by atoms with Crippen molar-refractivity contribution in [2.75, 3.05) is 7.11 Å². The Balaban J connectivity index is 0.00000161. The minimum absolute atomic E-state index is 0.0477. The fraction of sp³-hybridized carbons (Fsp3) is 0.344. The Hall–Kier alpha value is -3.64. The second-order valence-electron chi connectivity index (χ2n) is 9.73. The van der Waals surface area contributed by atoms with E-state index in [0.717, 1.165) is 11.1 Å². The van der Waals surface area contributed by atoms with E-state index in [2.05, 4.69) is 20.4 Å². The Morgan fingerprint density at radius 3 is 2.37 bits per heavy atom. The number of methoxy groups -OCH3 is 1. The molecular formula is C32H39FO5. The molecule has 0 aliphatic heterocycles. The van der Waals surface area contributed by atoms with Crippen LogP contribution in [0, 0.1) is 11.2 Å². The number of hydrogen-bond acceptors (Lipinski definition) is 4. The Morgan fingerprint density at radius 1 is 1.03 bits per heavy atom. The van der Waals surface area contributed by atoms with Gasteiger partial charge in [0.2, 0.25) is 0 Å². The van der Waals surface area contributed by atoms with Gasteiger partial charge in [-0.05, 0) is 65.1 Å². The van der Waals surface area contributed by atoms with Crippen LogP contribution in [0.15, 0.2) is 73.3 Å². The summed E-state index contributed by atoms with van der Waals surface area (Å²) in [6.45, 7) is 12.0. The van der Waals surface area contributed by atoms with E-state index in [4.69, 9.17) is 14.6 Å². The number of aliphatic carboxylic acids is 1. The van der Waals surface area contributed by atoms with Gasteiger partial charge in [-0.3, -0.25) is 4.79 Å². The molecule has 0 aromatic heterocycles. The zero-order valence-electron chi connectivity index (χ0n) is 23.0. The fourth-order valence-electron chi connectivity index (χ4n) is 3.73. The van der Waals surface area contributed by atoms with Gasteiger partial charge in [-0.1, -0.05) is 64.5 Å².